The van der Waals surface area contributed by atoms with Crippen molar-refractivity contribution >= 4 is 49.1 Å². The number of carbonyl (C=O) groups excluding carboxylic acids is 1. The van der Waals surface area contributed by atoms with Crippen LogP contribution in [0.25, 0.3) is 0 Å². The standard InChI is InChI=1S/C9H8Br2F3NOS/c1-4(3-9(12,13)14)15-8(16)5-2-6(10)17-7(5)11/h2,4H,3H2,1H3,(H,15,16). The molecule has 1 unspecified atom stereocenters. The van der Waals surface area contributed by atoms with Gasteiger partial charge in [0.15, 0.2) is 0 Å². The van der Waals surface area contributed by atoms with E-state index in [1.54, 1.807) is 6.07 Å². The van der Waals surface area contributed by atoms with E-state index in [1.807, 2.05) is 0 Å². The van der Waals surface area contributed by atoms with Crippen LogP contribution in [-0.4, -0.2) is 18.1 Å². The molecule has 1 aromatic rings. The molecular formula is C9H8Br2F3NOS. The predicted octanol–water partition coefficient (Wildman–Crippen LogP) is 4.34. The molecule has 1 rings (SSSR count). The van der Waals surface area contributed by atoms with Crippen LogP contribution in [0.5, 0.6) is 0 Å². The Morgan fingerprint density at radius 3 is 2.53 bits per heavy atom. The van der Waals surface area contributed by atoms with Gasteiger partial charge in [-0.1, -0.05) is 0 Å². The van der Waals surface area contributed by atoms with Crippen LogP contribution in [0.3, 0.4) is 0 Å². The zero-order chi connectivity index (χ0) is 13.2. The van der Waals surface area contributed by atoms with Crippen molar-refractivity contribution in [3.8, 4) is 0 Å². The Morgan fingerprint density at radius 1 is 1.53 bits per heavy atom. The number of thiophene rings is 1. The molecule has 0 aliphatic heterocycles. The van der Waals surface area contributed by atoms with Crippen LogP contribution in [0.15, 0.2) is 13.6 Å². The smallest absolute Gasteiger partial charge is 0.349 e. The molecule has 2 nitrogen and oxygen atoms in total. The second-order valence-corrected chi connectivity index (χ2v) is 7.18. The molecule has 0 saturated carbocycles. The summed E-state index contributed by atoms with van der Waals surface area (Å²) in [5.74, 6) is -0.518. The quantitative estimate of drug-likeness (QED) is 0.811. The SMILES string of the molecule is CC(CC(F)(F)F)NC(=O)c1cc(Br)sc1Br. The maximum Gasteiger partial charge on any atom is 0.391 e. The molecule has 1 atom stereocenters. The Bertz CT molecular complexity index is 419. The van der Waals surface area contributed by atoms with Crippen molar-refractivity contribution in [3.05, 3.63) is 19.2 Å². The number of amides is 1. The molecule has 0 aromatic carbocycles. The topological polar surface area (TPSA) is 29.1 Å². The molecule has 0 aliphatic carbocycles. The third-order valence-electron chi connectivity index (χ3n) is 1.82. The number of carbonyl (C=O) groups is 1. The van der Waals surface area contributed by atoms with Crippen LogP contribution in [-0.2, 0) is 0 Å². The van der Waals surface area contributed by atoms with Gasteiger partial charge in [0.2, 0.25) is 0 Å². The molecule has 8 heteroatoms. The van der Waals surface area contributed by atoms with Crippen LogP contribution in [0.4, 0.5) is 13.2 Å². The number of alkyl halides is 3. The maximum absolute atomic E-state index is 12.1. The van der Waals surface area contributed by atoms with Gasteiger partial charge in [0.1, 0.15) is 0 Å². The fourth-order valence-corrected chi connectivity index (χ4v) is 3.99. The molecule has 0 bridgehead atoms. The molecule has 1 aromatic heterocycles. The third-order valence-corrected chi connectivity index (χ3v) is 4.16. The zero-order valence-corrected chi connectivity index (χ0v) is 12.6. The van der Waals surface area contributed by atoms with Crippen molar-refractivity contribution in [2.45, 2.75) is 25.6 Å². The van der Waals surface area contributed by atoms with Gasteiger partial charge in [0.25, 0.3) is 5.91 Å². The van der Waals surface area contributed by atoms with Gasteiger partial charge in [-0.05, 0) is 44.8 Å². The predicted molar refractivity (Wildman–Crippen MR) is 67.3 cm³/mol. The number of nitrogens with one attached hydrogen (secondary N) is 1. The lowest BCUT2D eigenvalue weighted by Gasteiger charge is -2.15. The number of hydrogen-bond donors (Lipinski definition) is 1. The summed E-state index contributed by atoms with van der Waals surface area (Å²) in [7, 11) is 0. The maximum atomic E-state index is 12.1. The van der Waals surface area contributed by atoms with E-state index < -0.39 is 24.5 Å². The van der Waals surface area contributed by atoms with Gasteiger partial charge in [-0.2, -0.15) is 13.2 Å². The summed E-state index contributed by atoms with van der Waals surface area (Å²) in [6.07, 6.45) is -5.32. The van der Waals surface area contributed by atoms with Gasteiger partial charge in [-0.25, -0.2) is 0 Å². The van der Waals surface area contributed by atoms with Crippen LogP contribution < -0.4 is 5.32 Å². The van der Waals surface area contributed by atoms with Crippen molar-refractivity contribution < 1.29 is 18.0 Å². The lowest BCUT2D eigenvalue weighted by atomic mass is 10.2. The molecule has 0 fully saturated rings. The normalized spacial score (nSPS) is 13.5. The first-order chi connectivity index (χ1) is 7.69. The second-order valence-electron chi connectivity index (χ2n) is 3.43. The first-order valence-electron chi connectivity index (χ1n) is 4.51. The summed E-state index contributed by atoms with van der Waals surface area (Å²) < 4.78 is 37.5. The van der Waals surface area contributed by atoms with Gasteiger partial charge in [-0.15, -0.1) is 11.3 Å². The summed E-state index contributed by atoms with van der Waals surface area (Å²) in [5.41, 5.74) is 0.330. The lowest BCUT2D eigenvalue weighted by Crippen LogP contribution is -2.35. The summed E-state index contributed by atoms with van der Waals surface area (Å²) in [6, 6.07) is 0.609. The van der Waals surface area contributed by atoms with Crippen LogP contribution in [0, 0.1) is 0 Å². The van der Waals surface area contributed by atoms with Crippen LogP contribution in [0.1, 0.15) is 23.7 Å². The van der Waals surface area contributed by atoms with Gasteiger partial charge < -0.3 is 5.32 Å². The highest BCUT2D eigenvalue weighted by molar-refractivity contribution is 9.12. The average Bonchev–Trinajstić information content (AvgIpc) is 2.41. The van der Waals surface area contributed by atoms with Gasteiger partial charge in [0.05, 0.1) is 19.6 Å². The van der Waals surface area contributed by atoms with E-state index in [-0.39, 0.29) is 0 Å². The summed E-state index contributed by atoms with van der Waals surface area (Å²) in [6.45, 7) is 1.32. The van der Waals surface area contributed by atoms with Crippen LogP contribution in [0.2, 0.25) is 0 Å². The minimum Gasteiger partial charge on any atom is -0.349 e. The van der Waals surface area contributed by atoms with E-state index in [0.29, 0.717) is 9.35 Å². The second kappa shape index (κ2) is 5.71. The Labute approximate surface area is 117 Å². The monoisotopic (exact) mass is 393 g/mol. The zero-order valence-electron chi connectivity index (χ0n) is 8.57. The molecule has 1 amide bonds. The highest BCUT2D eigenvalue weighted by atomic mass is 79.9. The third kappa shape index (κ3) is 4.97. The fraction of sp³-hybridized carbons (Fsp3) is 0.444. The molecular weight excluding hydrogens is 387 g/mol. The largest absolute Gasteiger partial charge is 0.391 e. The van der Waals surface area contributed by atoms with Gasteiger partial charge in [0, 0.05) is 6.04 Å². The van der Waals surface area contributed by atoms with Crippen molar-refractivity contribution in [1.82, 2.24) is 5.32 Å². The Morgan fingerprint density at radius 2 is 2.12 bits per heavy atom. The Hall–Kier alpha value is -0.0800. The van der Waals surface area contributed by atoms with Gasteiger partial charge in [-0.3, -0.25) is 4.79 Å². The molecule has 0 saturated heterocycles. The fourth-order valence-electron chi connectivity index (χ4n) is 1.19. The first kappa shape index (κ1) is 15.0. The van der Waals surface area contributed by atoms with E-state index in [0.717, 1.165) is 3.79 Å². The number of halogens is 5. The molecule has 96 valence electrons. The summed E-state index contributed by atoms with van der Waals surface area (Å²) in [4.78, 5) is 11.7. The first-order valence-corrected chi connectivity index (χ1v) is 6.91. The van der Waals surface area contributed by atoms with E-state index in [4.69, 9.17) is 0 Å². The highest BCUT2D eigenvalue weighted by Gasteiger charge is 2.31. The average molecular weight is 395 g/mol. The molecule has 0 spiro atoms. The Kier molecular flexibility index (Phi) is 5.03. The number of rotatable bonds is 3. The molecule has 17 heavy (non-hydrogen) atoms. The van der Waals surface area contributed by atoms with Gasteiger partial charge >= 0.3 is 6.18 Å². The van der Waals surface area contributed by atoms with Crippen molar-refractivity contribution in [1.29, 1.82) is 0 Å². The van der Waals surface area contributed by atoms with E-state index in [2.05, 4.69) is 37.2 Å². The van der Waals surface area contributed by atoms with Crippen molar-refractivity contribution in [3.63, 3.8) is 0 Å². The molecule has 1 heterocycles. The lowest BCUT2D eigenvalue weighted by molar-refractivity contribution is -0.138. The molecule has 1 N–H and O–H groups in total. The summed E-state index contributed by atoms with van der Waals surface area (Å²) >= 11 is 7.66. The van der Waals surface area contributed by atoms with Crippen LogP contribution >= 0.6 is 43.2 Å². The molecule has 0 radical (unpaired) electrons. The summed E-state index contributed by atoms with van der Waals surface area (Å²) in [5, 5.41) is 2.30. The minimum absolute atomic E-state index is 0.330. The molecule has 0 aliphatic rings. The van der Waals surface area contributed by atoms with E-state index in [9.17, 15) is 18.0 Å². The van der Waals surface area contributed by atoms with E-state index >= 15 is 0 Å². The van der Waals surface area contributed by atoms with Crippen molar-refractivity contribution in [2.75, 3.05) is 0 Å². The van der Waals surface area contributed by atoms with Crippen molar-refractivity contribution in [2.24, 2.45) is 0 Å². The Balaban J connectivity index is 2.64. The minimum atomic E-state index is -4.28. The van der Waals surface area contributed by atoms with E-state index in [1.165, 1.54) is 18.3 Å². The highest BCUT2D eigenvalue weighted by Crippen LogP contribution is 2.32. The number of hydrogen-bond acceptors (Lipinski definition) is 2.